The highest BCUT2D eigenvalue weighted by Crippen LogP contribution is 2.29. The maximum Gasteiger partial charge on any atom is 0.134 e. The highest BCUT2D eigenvalue weighted by molar-refractivity contribution is 6.33. The van der Waals surface area contributed by atoms with E-state index in [9.17, 15) is 0 Å². The predicted octanol–water partition coefficient (Wildman–Crippen LogP) is 4.97. The Hall–Kier alpha value is -2.26. The minimum Gasteiger partial charge on any atom is -0.368 e. The number of fused-ring (bicyclic) bond motifs is 1. The number of para-hydroxylation sites is 1. The largest absolute Gasteiger partial charge is 0.368 e. The molecule has 4 heteroatoms. The molecular formula is C20H20ClN3. The van der Waals surface area contributed by atoms with Gasteiger partial charge >= 0.3 is 0 Å². The van der Waals surface area contributed by atoms with Crippen LogP contribution in [0.3, 0.4) is 0 Å². The molecule has 1 N–H and O–H groups in total. The molecule has 1 aromatic heterocycles. The fourth-order valence-electron chi connectivity index (χ4n) is 3.45. The summed E-state index contributed by atoms with van der Waals surface area (Å²) in [6, 6.07) is 18.9. The number of nitrogens with one attached hydrogen (secondary N) is 1. The molecule has 0 radical (unpaired) electrons. The summed E-state index contributed by atoms with van der Waals surface area (Å²) in [5.74, 6) is 0.971. The lowest BCUT2D eigenvalue weighted by Gasteiger charge is -2.35. The topological polar surface area (TPSA) is 28.2 Å². The fraction of sp³-hybridized carbons (Fsp3) is 0.250. The van der Waals surface area contributed by atoms with Crippen molar-refractivity contribution in [3.05, 3.63) is 65.8 Å². The number of halogens is 1. The van der Waals surface area contributed by atoms with Crippen molar-refractivity contribution in [2.75, 3.05) is 23.3 Å². The summed E-state index contributed by atoms with van der Waals surface area (Å²) in [5, 5.41) is 6.86. The van der Waals surface area contributed by atoms with Crippen LogP contribution in [0, 0.1) is 0 Å². The van der Waals surface area contributed by atoms with Gasteiger partial charge in [0.15, 0.2) is 0 Å². The SMILES string of the molecule is Clc1ccccc1N1CCCC(Nc2nccc3ccccc23)C1. The number of hydrogen-bond donors (Lipinski definition) is 1. The zero-order valence-electron chi connectivity index (χ0n) is 13.5. The summed E-state index contributed by atoms with van der Waals surface area (Å²) in [4.78, 5) is 6.93. The molecule has 1 unspecified atom stereocenters. The molecule has 1 aliphatic heterocycles. The summed E-state index contributed by atoms with van der Waals surface area (Å²) in [5.41, 5.74) is 1.12. The van der Waals surface area contributed by atoms with E-state index in [1.54, 1.807) is 0 Å². The molecule has 1 atom stereocenters. The van der Waals surface area contributed by atoms with Crippen molar-refractivity contribution in [2.24, 2.45) is 0 Å². The van der Waals surface area contributed by atoms with Gasteiger partial charge in [0, 0.05) is 30.7 Å². The molecule has 2 aromatic carbocycles. The molecule has 4 rings (SSSR count). The van der Waals surface area contributed by atoms with Gasteiger partial charge in [0.2, 0.25) is 0 Å². The van der Waals surface area contributed by atoms with Gasteiger partial charge in [-0.1, -0.05) is 48.0 Å². The highest BCUT2D eigenvalue weighted by Gasteiger charge is 2.22. The van der Waals surface area contributed by atoms with Crippen LogP contribution in [0.15, 0.2) is 60.8 Å². The normalized spacial score (nSPS) is 17.9. The molecule has 0 spiro atoms. The standard InChI is InChI=1S/C20H20ClN3/c21-18-9-3-4-10-19(18)24-13-5-7-16(14-24)23-20-17-8-2-1-6-15(17)11-12-22-20/h1-4,6,8-12,16H,5,7,13-14H2,(H,22,23). The molecule has 1 aliphatic rings. The summed E-state index contributed by atoms with van der Waals surface area (Å²) in [7, 11) is 0. The second-order valence-electron chi connectivity index (χ2n) is 6.26. The lowest BCUT2D eigenvalue weighted by molar-refractivity contribution is 0.529. The van der Waals surface area contributed by atoms with Crippen molar-refractivity contribution in [1.82, 2.24) is 4.98 Å². The van der Waals surface area contributed by atoms with Crippen molar-refractivity contribution in [2.45, 2.75) is 18.9 Å². The Labute approximate surface area is 147 Å². The first-order valence-corrected chi connectivity index (χ1v) is 8.79. The smallest absolute Gasteiger partial charge is 0.134 e. The Morgan fingerprint density at radius 3 is 2.79 bits per heavy atom. The average Bonchev–Trinajstić information content (AvgIpc) is 2.63. The number of aromatic nitrogens is 1. The first-order valence-electron chi connectivity index (χ1n) is 8.41. The maximum absolute atomic E-state index is 6.37. The number of pyridine rings is 1. The van der Waals surface area contributed by atoms with Gasteiger partial charge in [0.25, 0.3) is 0 Å². The van der Waals surface area contributed by atoms with Crippen LogP contribution in [-0.2, 0) is 0 Å². The van der Waals surface area contributed by atoms with Gasteiger partial charge in [0.1, 0.15) is 5.82 Å². The molecule has 24 heavy (non-hydrogen) atoms. The van der Waals surface area contributed by atoms with Gasteiger partial charge in [-0.25, -0.2) is 4.98 Å². The zero-order chi connectivity index (χ0) is 16.4. The molecule has 0 aliphatic carbocycles. The Morgan fingerprint density at radius 2 is 1.88 bits per heavy atom. The van der Waals surface area contributed by atoms with E-state index in [-0.39, 0.29) is 0 Å². The van der Waals surface area contributed by atoms with Crippen LogP contribution in [-0.4, -0.2) is 24.1 Å². The molecule has 1 fully saturated rings. The first-order chi connectivity index (χ1) is 11.8. The first kappa shape index (κ1) is 15.3. The van der Waals surface area contributed by atoms with E-state index in [2.05, 4.69) is 51.6 Å². The van der Waals surface area contributed by atoms with Crippen molar-refractivity contribution in [3.8, 4) is 0 Å². The second-order valence-corrected chi connectivity index (χ2v) is 6.67. The molecule has 3 nitrogen and oxygen atoms in total. The molecular weight excluding hydrogens is 318 g/mol. The van der Waals surface area contributed by atoms with Gasteiger partial charge in [-0.05, 0) is 36.4 Å². The van der Waals surface area contributed by atoms with E-state index in [0.717, 1.165) is 42.5 Å². The minimum atomic E-state index is 0.369. The Balaban J connectivity index is 1.55. The Kier molecular flexibility index (Phi) is 4.26. The third-order valence-corrected chi connectivity index (χ3v) is 4.95. The summed E-state index contributed by atoms with van der Waals surface area (Å²) in [6.45, 7) is 1.99. The molecule has 1 saturated heterocycles. The van der Waals surface area contributed by atoms with Gasteiger partial charge in [0.05, 0.1) is 10.7 Å². The molecule has 0 amide bonds. The average molecular weight is 338 g/mol. The van der Waals surface area contributed by atoms with Crippen molar-refractivity contribution >= 4 is 33.9 Å². The van der Waals surface area contributed by atoms with E-state index < -0.39 is 0 Å². The van der Waals surface area contributed by atoms with E-state index in [4.69, 9.17) is 11.6 Å². The van der Waals surface area contributed by atoms with Crippen LogP contribution >= 0.6 is 11.6 Å². The van der Waals surface area contributed by atoms with E-state index >= 15 is 0 Å². The number of benzene rings is 2. The van der Waals surface area contributed by atoms with Crippen LogP contribution in [0.2, 0.25) is 5.02 Å². The van der Waals surface area contributed by atoms with Crippen LogP contribution in [0.5, 0.6) is 0 Å². The van der Waals surface area contributed by atoms with E-state index in [1.165, 1.54) is 10.8 Å². The summed E-state index contributed by atoms with van der Waals surface area (Å²) < 4.78 is 0. The third-order valence-electron chi connectivity index (χ3n) is 4.63. The summed E-state index contributed by atoms with van der Waals surface area (Å²) in [6.07, 6.45) is 4.17. The number of rotatable bonds is 3. The monoisotopic (exact) mass is 337 g/mol. The van der Waals surface area contributed by atoms with Crippen LogP contribution in [0.4, 0.5) is 11.5 Å². The van der Waals surface area contributed by atoms with E-state index in [0.29, 0.717) is 6.04 Å². The predicted molar refractivity (Wildman–Crippen MR) is 102 cm³/mol. The van der Waals surface area contributed by atoms with E-state index in [1.807, 2.05) is 24.4 Å². The maximum atomic E-state index is 6.37. The zero-order valence-corrected chi connectivity index (χ0v) is 14.2. The number of hydrogen-bond acceptors (Lipinski definition) is 3. The summed E-state index contributed by atoms with van der Waals surface area (Å²) >= 11 is 6.37. The number of anilines is 2. The molecule has 0 bridgehead atoms. The van der Waals surface area contributed by atoms with Crippen molar-refractivity contribution < 1.29 is 0 Å². The Bertz CT molecular complexity index is 844. The van der Waals surface area contributed by atoms with Gasteiger partial charge in [-0.2, -0.15) is 0 Å². The third kappa shape index (κ3) is 3.04. The highest BCUT2D eigenvalue weighted by atomic mass is 35.5. The lowest BCUT2D eigenvalue weighted by Crippen LogP contribution is -2.42. The Morgan fingerprint density at radius 1 is 1.04 bits per heavy atom. The number of piperidine rings is 1. The molecule has 122 valence electrons. The lowest BCUT2D eigenvalue weighted by atomic mass is 10.0. The van der Waals surface area contributed by atoms with Gasteiger partial charge in [-0.3, -0.25) is 0 Å². The molecule has 0 saturated carbocycles. The van der Waals surface area contributed by atoms with Crippen LogP contribution < -0.4 is 10.2 Å². The quantitative estimate of drug-likeness (QED) is 0.731. The van der Waals surface area contributed by atoms with Crippen molar-refractivity contribution in [1.29, 1.82) is 0 Å². The van der Waals surface area contributed by atoms with Crippen LogP contribution in [0.1, 0.15) is 12.8 Å². The minimum absolute atomic E-state index is 0.369. The molecule has 2 heterocycles. The van der Waals surface area contributed by atoms with Gasteiger partial charge in [-0.15, -0.1) is 0 Å². The van der Waals surface area contributed by atoms with Crippen LogP contribution in [0.25, 0.3) is 10.8 Å². The number of nitrogens with zero attached hydrogens (tertiary/aromatic N) is 2. The second kappa shape index (κ2) is 6.70. The van der Waals surface area contributed by atoms with Gasteiger partial charge < -0.3 is 10.2 Å². The van der Waals surface area contributed by atoms with Crippen molar-refractivity contribution in [3.63, 3.8) is 0 Å². The fourth-order valence-corrected chi connectivity index (χ4v) is 3.71. The molecule has 3 aromatic rings.